The van der Waals surface area contributed by atoms with Gasteiger partial charge in [-0.3, -0.25) is 4.21 Å². The molecule has 0 saturated heterocycles. The van der Waals surface area contributed by atoms with E-state index in [0.717, 1.165) is 10.0 Å². The second-order valence-corrected chi connectivity index (χ2v) is 7.47. The van der Waals surface area contributed by atoms with E-state index in [1.807, 2.05) is 39.0 Å². The summed E-state index contributed by atoms with van der Waals surface area (Å²) in [7, 11) is -0.919. The molecule has 1 atom stereocenters. The second kappa shape index (κ2) is 4.66. The summed E-state index contributed by atoms with van der Waals surface area (Å²) in [5, 5.41) is 0. The molecule has 1 rings (SSSR count). The maximum absolute atomic E-state index is 12.0. The van der Waals surface area contributed by atoms with Crippen LogP contribution >= 0.6 is 15.9 Å². The molecular formula is C11H16BrNOS. The number of rotatable bonds is 2. The summed E-state index contributed by atoms with van der Waals surface area (Å²) < 4.78 is 12.7. The van der Waals surface area contributed by atoms with E-state index in [4.69, 9.17) is 5.73 Å². The van der Waals surface area contributed by atoms with Gasteiger partial charge in [-0.1, -0.05) is 22.0 Å². The number of anilines is 1. The first-order valence-electron chi connectivity index (χ1n) is 4.73. The topological polar surface area (TPSA) is 43.1 Å². The molecule has 0 aliphatic carbocycles. The quantitative estimate of drug-likeness (QED) is 0.851. The molecule has 1 aromatic rings. The lowest BCUT2D eigenvalue weighted by Gasteiger charge is -2.18. The average molecular weight is 290 g/mol. The molecule has 0 aliphatic heterocycles. The Labute approximate surface area is 102 Å². The molecule has 0 bridgehead atoms. The Bertz CT molecular complexity index is 364. The van der Waals surface area contributed by atoms with Crippen molar-refractivity contribution in [2.75, 3.05) is 5.73 Å². The minimum absolute atomic E-state index is 0.207. The SMILES string of the molecule is CC(C)(C)S(=O)Cc1c(N)cccc1Br. The van der Waals surface area contributed by atoms with Crippen LogP contribution in [0.1, 0.15) is 26.3 Å². The molecular weight excluding hydrogens is 274 g/mol. The Morgan fingerprint density at radius 3 is 2.47 bits per heavy atom. The molecule has 0 radical (unpaired) electrons. The molecule has 2 N–H and O–H groups in total. The fourth-order valence-electron chi connectivity index (χ4n) is 1.08. The van der Waals surface area contributed by atoms with Crippen molar-refractivity contribution in [2.24, 2.45) is 0 Å². The largest absolute Gasteiger partial charge is 0.398 e. The smallest absolute Gasteiger partial charge is 0.0522 e. The Morgan fingerprint density at radius 2 is 2.00 bits per heavy atom. The summed E-state index contributed by atoms with van der Waals surface area (Å²) in [6.45, 7) is 5.91. The highest BCUT2D eigenvalue weighted by molar-refractivity contribution is 9.10. The van der Waals surface area contributed by atoms with Crippen molar-refractivity contribution in [1.29, 1.82) is 0 Å². The minimum atomic E-state index is -0.919. The third-order valence-corrected chi connectivity index (χ3v) is 4.77. The fraction of sp³-hybridized carbons (Fsp3) is 0.455. The zero-order valence-electron chi connectivity index (χ0n) is 9.21. The van der Waals surface area contributed by atoms with Crippen LogP contribution in [0.5, 0.6) is 0 Å². The van der Waals surface area contributed by atoms with E-state index >= 15 is 0 Å². The van der Waals surface area contributed by atoms with Gasteiger partial charge in [-0.15, -0.1) is 0 Å². The zero-order chi connectivity index (χ0) is 11.6. The normalized spacial score (nSPS) is 13.9. The molecule has 0 aliphatic rings. The molecule has 0 fully saturated rings. The number of nitrogen functional groups attached to an aromatic ring is 1. The lowest BCUT2D eigenvalue weighted by Crippen LogP contribution is -2.23. The molecule has 15 heavy (non-hydrogen) atoms. The molecule has 0 spiro atoms. The van der Waals surface area contributed by atoms with Gasteiger partial charge in [0.1, 0.15) is 0 Å². The van der Waals surface area contributed by atoms with Gasteiger partial charge in [0, 0.05) is 31.3 Å². The van der Waals surface area contributed by atoms with Gasteiger partial charge in [-0.2, -0.15) is 0 Å². The second-order valence-electron chi connectivity index (χ2n) is 4.41. The van der Waals surface area contributed by atoms with E-state index < -0.39 is 10.8 Å². The van der Waals surface area contributed by atoms with Crippen molar-refractivity contribution >= 4 is 32.4 Å². The first kappa shape index (κ1) is 12.7. The number of benzene rings is 1. The van der Waals surface area contributed by atoms with E-state index in [2.05, 4.69) is 15.9 Å². The summed E-state index contributed by atoms with van der Waals surface area (Å²) in [4.78, 5) is 0. The van der Waals surface area contributed by atoms with Crippen molar-refractivity contribution < 1.29 is 4.21 Å². The predicted octanol–water partition coefficient (Wildman–Crippen LogP) is 3.08. The van der Waals surface area contributed by atoms with Crippen molar-refractivity contribution in [3.8, 4) is 0 Å². The van der Waals surface area contributed by atoms with Crippen LogP contribution in [0.25, 0.3) is 0 Å². The molecule has 1 unspecified atom stereocenters. The van der Waals surface area contributed by atoms with Crippen molar-refractivity contribution in [1.82, 2.24) is 0 Å². The zero-order valence-corrected chi connectivity index (χ0v) is 11.6. The first-order valence-corrected chi connectivity index (χ1v) is 6.85. The van der Waals surface area contributed by atoms with Crippen LogP contribution in [0.4, 0.5) is 5.69 Å². The molecule has 1 aromatic carbocycles. The van der Waals surface area contributed by atoms with Crippen molar-refractivity contribution in [3.05, 3.63) is 28.2 Å². The van der Waals surface area contributed by atoms with Gasteiger partial charge in [0.2, 0.25) is 0 Å². The highest BCUT2D eigenvalue weighted by atomic mass is 79.9. The molecule has 0 saturated carbocycles. The third-order valence-electron chi connectivity index (χ3n) is 2.11. The van der Waals surface area contributed by atoms with Gasteiger partial charge < -0.3 is 5.73 Å². The van der Waals surface area contributed by atoms with Crippen molar-refractivity contribution in [3.63, 3.8) is 0 Å². The van der Waals surface area contributed by atoms with Gasteiger partial charge in [-0.05, 0) is 32.9 Å². The summed E-state index contributed by atoms with van der Waals surface area (Å²) >= 11 is 3.43. The monoisotopic (exact) mass is 289 g/mol. The van der Waals surface area contributed by atoms with Crippen LogP contribution in [-0.2, 0) is 16.6 Å². The molecule has 0 heterocycles. The van der Waals surface area contributed by atoms with Gasteiger partial charge in [0.15, 0.2) is 0 Å². The average Bonchev–Trinajstić information content (AvgIpc) is 2.09. The number of hydrogen-bond acceptors (Lipinski definition) is 2. The van der Waals surface area contributed by atoms with E-state index in [0.29, 0.717) is 11.4 Å². The highest BCUT2D eigenvalue weighted by Crippen LogP contribution is 2.26. The summed E-state index contributed by atoms with van der Waals surface area (Å²) in [5.41, 5.74) is 7.48. The molecule has 84 valence electrons. The Morgan fingerprint density at radius 1 is 1.40 bits per heavy atom. The van der Waals surface area contributed by atoms with Gasteiger partial charge >= 0.3 is 0 Å². The minimum Gasteiger partial charge on any atom is -0.398 e. The summed E-state index contributed by atoms with van der Waals surface area (Å²) in [6, 6.07) is 5.63. The van der Waals surface area contributed by atoms with E-state index in [1.54, 1.807) is 0 Å². The molecule has 4 heteroatoms. The van der Waals surface area contributed by atoms with Crippen molar-refractivity contribution in [2.45, 2.75) is 31.3 Å². The maximum atomic E-state index is 12.0. The number of hydrogen-bond donors (Lipinski definition) is 1. The predicted molar refractivity (Wildman–Crippen MR) is 70.2 cm³/mol. The molecule has 0 aromatic heterocycles. The first-order chi connectivity index (χ1) is 6.82. The lowest BCUT2D eigenvalue weighted by molar-refractivity contribution is 0.648. The van der Waals surface area contributed by atoms with Crippen LogP contribution in [-0.4, -0.2) is 8.96 Å². The van der Waals surface area contributed by atoms with Gasteiger partial charge in [-0.25, -0.2) is 0 Å². The lowest BCUT2D eigenvalue weighted by atomic mass is 10.2. The Hall–Kier alpha value is -0.350. The highest BCUT2D eigenvalue weighted by Gasteiger charge is 2.21. The standard InChI is InChI=1S/C11H16BrNOS/c1-11(2,3)15(14)7-8-9(12)5-4-6-10(8)13/h4-6H,7,13H2,1-3H3. The van der Waals surface area contributed by atoms with E-state index in [9.17, 15) is 4.21 Å². The number of halogens is 1. The van der Waals surface area contributed by atoms with Crippen LogP contribution in [0, 0.1) is 0 Å². The fourth-order valence-corrected chi connectivity index (χ4v) is 2.80. The van der Waals surface area contributed by atoms with Crippen LogP contribution in [0.3, 0.4) is 0 Å². The van der Waals surface area contributed by atoms with Crippen LogP contribution in [0.2, 0.25) is 0 Å². The van der Waals surface area contributed by atoms with Gasteiger partial charge in [0.05, 0.1) is 5.75 Å². The summed E-state index contributed by atoms with van der Waals surface area (Å²) in [6.07, 6.45) is 0. The van der Waals surface area contributed by atoms with Crippen LogP contribution < -0.4 is 5.73 Å². The van der Waals surface area contributed by atoms with E-state index in [1.165, 1.54) is 0 Å². The third kappa shape index (κ3) is 3.31. The summed E-state index contributed by atoms with van der Waals surface area (Å²) in [5.74, 6) is 0.497. The van der Waals surface area contributed by atoms with E-state index in [-0.39, 0.29) is 4.75 Å². The van der Waals surface area contributed by atoms with Gasteiger partial charge in [0.25, 0.3) is 0 Å². The molecule has 0 amide bonds. The Balaban J connectivity index is 2.95. The maximum Gasteiger partial charge on any atom is 0.0522 e. The number of nitrogens with two attached hydrogens (primary N) is 1. The Kier molecular flexibility index (Phi) is 3.95. The molecule has 2 nitrogen and oxygen atoms in total. The van der Waals surface area contributed by atoms with Crippen LogP contribution in [0.15, 0.2) is 22.7 Å².